The summed E-state index contributed by atoms with van der Waals surface area (Å²) in [6.07, 6.45) is -11.6. The summed E-state index contributed by atoms with van der Waals surface area (Å²) in [6, 6.07) is 13.6. The number of halogens is 6. The number of nitrogens with one attached hydrogen (secondary N) is 1. The van der Waals surface area contributed by atoms with Crippen LogP contribution in [0, 0.1) is 0 Å². The highest BCUT2D eigenvalue weighted by atomic mass is 19.4. The fourth-order valence-electron chi connectivity index (χ4n) is 3.95. The number of benzene rings is 2. The zero-order chi connectivity index (χ0) is 22.6. The summed E-state index contributed by atoms with van der Waals surface area (Å²) in [5, 5.41) is 13.8. The van der Waals surface area contributed by atoms with Gasteiger partial charge in [-0.3, -0.25) is 4.98 Å². The molecule has 0 radical (unpaired) electrons. The van der Waals surface area contributed by atoms with Gasteiger partial charge in [0.1, 0.15) is 0 Å². The first-order valence-corrected chi connectivity index (χ1v) is 9.53. The molecule has 0 bridgehead atoms. The Bertz CT molecular complexity index is 1110. The third-order valence-electron chi connectivity index (χ3n) is 5.81. The fraction of sp³-hybridized carbons (Fsp3) is 0.318. The Morgan fingerprint density at radius 1 is 0.968 bits per heavy atom. The molecule has 31 heavy (non-hydrogen) atoms. The van der Waals surface area contributed by atoms with E-state index in [0.717, 1.165) is 28.7 Å². The molecule has 1 aromatic heterocycles. The van der Waals surface area contributed by atoms with Gasteiger partial charge >= 0.3 is 12.4 Å². The van der Waals surface area contributed by atoms with Crippen LogP contribution >= 0.6 is 0 Å². The van der Waals surface area contributed by atoms with Gasteiger partial charge in [-0.25, -0.2) is 0 Å². The molecule has 9 heteroatoms. The van der Waals surface area contributed by atoms with Crippen LogP contribution in [0.4, 0.5) is 32.0 Å². The molecule has 1 aliphatic rings. The van der Waals surface area contributed by atoms with E-state index in [1.165, 1.54) is 0 Å². The summed E-state index contributed by atoms with van der Waals surface area (Å²) >= 11 is 0. The third-order valence-corrected chi connectivity index (χ3v) is 5.81. The molecule has 0 aliphatic carbocycles. The van der Waals surface area contributed by atoms with Crippen LogP contribution in [0.5, 0.6) is 0 Å². The Morgan fingerprint density at radius 2 is 1.65 bits per heavy atom. The number of hydrogen-bond donors (Lipinski definition) is 2. The van der Waals surface area contributed by atoms with Gasteiger partial charge in [-0.2, -0.15) is 26.3 Å². The summed E-state index contributed by atoms with van der Waals surface area (Å²) in [6.45, 7) is 1.89. The molecule has 0 amide bonds. The lowest BCUT2D eigenvalue weighted by Crippen LogP contribution is -2.53. The zero-order valence-corrected chi connectivity index (χ0v) is 16.2. The second kappa shape index (κ2) is 7.12. The summed E-state index contributed by atoms with van der Waals surface area (Å²) < 4.78 is 79.2. The van der Waals surface area contributed by atoms with Crippen molar-refractivity contribution in [1.82, 2.24) is 4.98 Å². The number of hydrogen-bond acceptors (Lipinski definition) is 3. The predicted octanol–water partition coefficient (Wildman–Crippen LogP) is 5.69. The number of aromatic nitrogens is 1. The van der Waals surface area contributed by atoms with Gasteiger partial charge < -0.3 is 10.4 Å². The number of aliphatic hydroxyl groups is 1. The van der Waals surface area contributed by atoms with E-state index >= 15 is 0 Å². The number of alkyl halides is 6. The third kappa shape index (κ3) is 3.50. The Hall–Kier alpha value is -2.81. The van der Waals surface area contributed by atoms with Crippen LogP contribution in [0.15, 0.2) is 54.6 Å². The van der Waals surface area contributed by atoms with Crippen molar-refractivity contribution in [3.63, 3.8) is 0 Å². The molecule has 4 rings (SSSR count). The molecule has 0 saturated heterocycles. The number of fused-ring (bicyclic) bond motifs is 2. The molecular formula is C22H18F6N2O. The van der Waals surface area contributed by atoms with Crippen LogP contribution < -0.4 is 5.32 Å². The van der Waals surface area contributed by atoms with Gasteiger partial charge in [0.05, 0.1) is 5.52 Å². The number of pyridine rings is 1. The minimum atomic E-state index is -5.91. The van der Waals surface area contributed by atoms with Crippen LogP contribution in [-0.4, -0.2) is 28.5 Å². The van der Waals surface area contributed by atoms with E-state index in [9.17, 15) is 31.4 Å². The van der Waals surface area contributed by atoms with E-state index in [-0.39, 0.29) is 23.9 Å². The van der Waals surface area contributed by atoms with E-state index in [2.05, 4.69) is 10.3 Å². The van der Waals surface area contributed by atoms with E-state index in [4.69, 9.17) is 0 Å². The molecule has 3 aromatic rings. The van der Waals surface area contributed by atoms with Crippen molar-refractivity contribution in [1.29, 1.82) is 0 Å². The van der Waals surface area contributed by atoms with Crippen LogP contribution in [0.1, 0.15) is 29.7 Å². The summed E-state index contributed by atoms with van der Waals surface area (Å²) in [4.78, 5) is 4.63. The minimum Gasteiger partial charge on any atom is -0.381 e. The largest absolute Gasteiger partial charge is 0.430 e. The van der Waals surface area contributed by atoms with Gasteiger partial charge in [0.15, 0.2) is 0 Å². The van der Waals surface area contributed by atoms with Gasteiger partial charge in [0.2, 0.25) is 0 Å². The van der Waals surface area contributed by atoms with Crippen LogP contribution in [0.2, 0.25) is 0 Å². The highest BCUT2D eigenvalue weighted by molar-refractivity contribution is 5.78. The summed E-state index contributed by atoms with van der Waals surface area (Å²) in [7, 11) is 0. The van der Waals surface area contributed by atoms with Gasteiger partial charge in [-0.05, 0) is 30.2 Å². The second-order valence-electron chi connectivity index (χ2n) is 7.75. The normalized spacial score (nSPS) is 18.0. The van der Waals surface area contributed by atoms with Gasteiger partial charge in [-0.15, -0.1) is 0 Å². The van der Waals surface area contributed by atoms with Crippen molar-refractivity contribution in [2.45, 2.75) is 43.3 Å². The van der Waals surface area contributed by atoms with E-state index in [0.29, 0.717) is 11.8 Å². The topological polar surface area (TPSA) is 45.2 Å². The molecule has 2 aromatic carbocycles. The van der Waals surface area contributed by atoms with Crippen LogP contribution in [0.25, 0.3) is 10.9 Å². The molecule has 2 atom stereocenters. The zero-order valence-electron chi connectivity index (χ0n) is 16.2. The number of para-hydroxylation sites is 1. The minimum absolute atomic E-state index is 0.162. The maximum Gasteiger partial charge on any atom is 0.430 e. The van der Waals surface area contributed by atoms with Crippen molar-refractivity contribution in [2.24, 2.45) is 0 Å². The maximum atomic E-state index is 13.2. The van der Waals surface area contributed by atoms with E-state index < -0.39 is 23.5 Å². The standard InChI is InChI=1S/C22H18F6N2O/c1-12(16-8-6-13-4-2-3-5-17(13)29-16)19-11-14-10-15(7-9-18(14)30-19)20(31,21(23,24)25)22(26,27)28/h2-10,12,19,30-31H,11H2,1H3. The average molecular weight is 440 g/mol. The molecular weight excluding hydrogens is 422 g/mol. The lowest BCUT2D eigenvalue weighted by Gasteiger charge is -2.32. The molecule has 2 N–H and O–H groups in total. The molecule has 2 unspecified atom stereocenters. The lowest BCUT2D eigenvalue weighted by molar-refractivity contribution is -0.376. The van der Waals surface area contributed by atoms with E-state index in [1.807, 2.05) is 43.3 Å². The molecule has 1 aliphatic heterocycles. The van der Waals surface area contributed by atoms with Crippen molar-refractivity contribution in [3.8, 4) is 0 Å². The molecule has 3 nitrogen and oxygen atoms in total. The molecule has 164 valence electrons. The van der Waals surface area contributed by atoms with Gasteiger partial charge in [-0.1, -0.05) is 43.3 Å². The lowest BCUT2D eigenvalue weighted by atomic mass is 9.89. The molecule has 0 saturated carbocycles. The van der Waals surface area contributed by atoms with Crippen LogP contribution in [-0.2, 0) is 12.0 Å². The summed E-state index contributed by atoms with van der Waals surface area (Å²) in [5.74, 6) is -0.162. The first-order valence-electron chi connectivity index (χ1n) is 9.53. The number of rotatable bonds is 3. The first kappa shape index (κ1) is 21.4. The molecule has 0 spiro atoms. The van der Waals surface area contributed by atoms with Gasteiger partial charge in [0, 0.05) is 34.3 Å². The smallest absolute Gasteiger partial charge is 0.381 e. The summed E-state index contributed by atoms with van der Waals surface area (Å²) in [5.41, 5.74) is -3.91. The van der Waals surface area contributed by atoms with Crippen molar-refractivity contribution < 1.29 is 31.4 Å². The monoisotopic (exact) mass is 440 g/mol. The van der Waals surface area contributed by atoms with Gasteiger partial charge in [0.25, 0.3) is 5.60 Å². The van der Waals surface area contributed by atoms with E-state index in [1.54, 1.807) is 0 Å². The second-order valence-corrected chi connectivity index (χ2v) is 7.75. The predicted molar refractivity (Wildman–Crippen MR) is 104 cm³/mol. The van der Waals surface area contributed by atoms with Crippen molar-refractivity contribution >= 4 is 16.6 Å². The Kier molecular flexibility index (Phi) is 4.92. The SMILES string of the molecule is CC(c1ccc2ccccc2n1)C1Cc2cc(C(O)(C(F)(F)F)C(F)(F)F)ccc2N1. The maximum absolute atomic E-state index is 13.2. The fourth-order valence-corrected chi connectivity index (χ4v) is 3.95. The number of anilines is 1. The quantitative estimate of drug-likeness (QED) is 0.515. The highest BCUT2D eigenvalue weighted by Crippen LogP contribution is 2.51. The average Bonchev–Trinajstić information content (AvgIpc) is 3.14. The highest BCUT2D eigenvalue weighted by Gasteiger charge is 2.71. The first-order chi connectivity index (χ1) is 14.4. The Morgan fingerprint density at radius 3 is 2.32 bits per heavy atom. The molecule has 2 heterocycles. The van der Waals surface area contributed by atoms with Crippen LogP contribution in [0.3, 0.4) is 0 Å². The number of nitrogens with zero attached hydrogens (tertiary/aromatic N) is 1. The Balaban J connectivity index is 1.63. The molecule has 0 fully saturated rings. The van der Waals surface area contributed by atoms with Crippen molar-refractivity contribution in [3.05, 3.63) is 71.4 Å². The Labute approximate surface area is 173 Å². The van der Waals surface area contributed by atoms with Crippen molar-refractivity contribution in [2.75, 3.05) is 5.32 Å².